The van der Waals surface area contributed by atoms with E-state index < -0.39 is 28.9 Å². The van der Waals surface area contributed by atoms with E-state index in [1.165, 1.54) is 0 Å². The van der Waals surface area contributed by atoms with Gasteiger partial charge < -0.3 is 5.32 Å². The molecular formula is C11H11BrF3NO. The van der Waals surface area contributed by atoms with Gasteiger partial charge in [-0.15, -0.1) is 0 Å². The van der Waals surface area contributed by atoms with Crippen molar-refractivity contribution >= 4 is 21.8 Å². The number of halogens is 4. The van der Waals surface area contributed by atoms with Crippen LogP contribution in [0, 0.1) is 23.4 Å². The lowest BCUT2D eigenvalue weighted by atomic mass is 10.1. The molecule has 17 heavy (non-hydrogen) atoms. The van der Waals surface area contributed by atoms with Crippen LogP contribution in [0.5, 0.6) is 0 Å². The lowest BCUT2D eigenvalue weighted by molar-refractivity contribution is 0.0944. The van der Waals surface area contributed by atoms with E-state index in [-0.39, 0.29) is 5.92 Å². The van der Waals surface area contributed by atoms with Crippen LogP contribution in [0.15, 0.2) is 12.1 Å². The van der Waals surface area contributed by atoms with Crippen LogP contribution < -0.4 is 5.32 Å². The van der Waals surface area contributed by atoms with Crippen LogP contribution >= 0.6 is 15.9 Å². The lowest BCUT2D eigenvalue weighted by Gasteiger charge is -2.10. The molecule has 0 aliphatic carbocycles. The fourth-order valence-corrected chi connectivity index (χ4v) is 1.35. The zero-order valence-corrected chi connectivity index (χ0v) is 10.7. The molecule has 0 aliphatic heterocycles. The largest absolute Gasteiger partial charge is 0.352 e. The monoisotopic (exact) mass is 309 g/mol. The van der Waals surface area contributed by atoms with Gasteiger partial charge in [-0.05, 0) is 18.1 Å². The number of hydrogen-bond donors (Lipinski definition) is 1. The maximum absolute atomic E-state index is 13.2. The van der Waals surface area contributed by atoms with Crippen molar-refractivity contribution in [2.45, 2.75) is 6.92 Å². The minimum atomic E-state index is -1.63. The van der Waals surface area contributed by atoms with Gasteiger partial charge in [-0.2, -0.15) is 0 Å². The van der Waals surface area contributed by atoms with Crippen LogP contribution in [0.3, 0.4) is 0 Å². The highest BCUT2D eigenvalue weighted by atomic mass is 79.9. The molecule has 0 aliphatic rings. The van der Waals surface area contributed by atoms with E-state index in [1.807, 2.05) is 6.92 Å². The van der Waals surface area contributed by atoms with E-state index in [4.69, 9.17) is 0 Å². The summed E-state index contributed by atoms with van der Waals surface area (Å²) in [5.74, 6) is -5.01. The molecule has 1 atom stereocenters. The van der Waals surface area contributed by atoms with Crippen molar-refractivity contribution < 1.29 is 18.0 Å². The zero-order valence-electron chi connectivity index (χ0n) is 9.07. The second-order valence-corrected chi connectivity index (χ2v) is 4.34. The molecule has 0 spiro atoms. The van der Waals surface area contributed by atoms with E-state index in [0.29, 0.717) is 11.9 Å². The molecule has 1 unspecified atom stereocenters. The summed E-state index contributed by atoms with van der Waals surface area (Å²) in [6.45, 7) is 2.19. The Labute approximate surface area is 105 Å². The van der Waals surface area contributed by atoms with Gasteiger partial charge >= 0.3 is 0 Å². The van der Waals surface area contributed by atoms with Crippen LogP contribution in [-0.4, -0.2) is 17.8 Å². The van der Waals surface area contributed by atoms with Crippen molar-refractivity contribution in [3.05, 3.63) is 35.1 Å². The van der Waals surface area contributed by atoms with Gasteiger partial charge in [0.15, 0.2) is 17.5 Å². The summed E-state index contributed by atoms with van der Waals surface area (Å²) in [7, 11) is 0. The van der Waals surface area contributed by atoms with Crippen LogP contribution in [0.4, 0.5) is 13.2 Å². The van der Waals surface area contributed by atoms with Crippen molar-refractivity contribution in [2.24, 2.45) is 5.92 Å². The van der Waals surface area contributed by atoms with Crippen molar-refractivity contribution in [3.8, 4) is 0 Å². The van der Waals surface area contributed by atoms with Gasteiger partial charge in [-0.3, -0.25) is 4.79 Å². The quantitative estimate of drug-likeness (QED) is 0.672. The Balaban J connectivity index is 2.80. The van der Waals surface area contributed by atoms with Crippen LogP contribution in [0.2, 0.25) is 0 Å². The molecule has 0 radical (unpaired) electrons. The zero-order chi connectivity index (χ0) is 13.0. The molecule has 1 amide bonds. The van der Waals surface area contributed by atoms with E-state index in [1.54, 1.807) is 0 Å². The van der Waals surface area contributed by atoms with E-state index in [0.717, 1.165) is 12.1 Å². The average Bonchev–Trinajstić information content (AvgIpc) is 2.32. The summed E-state index contributed by atoms with van der Waals surface area (Å²) in [5, 5.41) is 3.11. The molecule has 0 aromatic heterocycles. The number of nitrogens with one attached hydrogen (secondary N) is 1. The molecule has 1 N–H and O–H groups in total. The predicted octanol–water partition coefficient (Wildman–Crippen LogP) is 2.86. The Morgan fingerprint density at radius 1 is 1.35 bits per heavy atom. The maximum Gasteiger partial charge on any atom is 0.254 e. The van der Waals surface area contributed by atoms with Gasteiger partial charge in [0, 0.05) is 11.9 Å². The summed E-state index contributed by atoms with van der Waals surface area (Å²) in [5.41, 5.74) is -0.495. The topological polar surface area (TPSA) is 29.1 Å². The number of amides is 1. The number of rotatable bonds is 4. The Kier molecular flexibility index (Phi) is 4.99. The summed E-state index contributed by atoms with van der Waals surface area (Å²) >= 11 is 3.22. The highest BCUT2D eigenvalue weighted by Gasteiger charge is 2.18. The molecule has 0 saturated carbocycles. The smallest absolute Gasteiger partial charge is 0.254 e. The molecule has 0 bridgehead atoms. The van der Waals surface area contributed by atoms with Crippen LogP contribution in [0.25, 0.3) is 0 Å². The molecule has 0 heterocycles. The molecule has 0 fully saturated rings. The van der Waals surface area contributed by atoms with Crippen molar-refractivity contribution in [2.75, 3.05) is 11.9 Å². The number of carbonyl (C=O) groups is 1. The van der Waals surface area contributed by atoms with Crippen LogP contribution in [-0.2, 0) is 0 Å². The number of benzene rings is 1. The van der Waals surface area contributed by atoms with E-state index in [2.05, 4.69) is 21.2 Å². The molecule has 6 heteroatoms. The molecule has 1 aromatic rings. The summed E-state index contributed by atoms with van der Waals surface area (Å²) in [4.78, 5) is 11.5. The first-order valence-corrected chi connectivity index (χ1v) is 6.07. The normalized spacial score (nSPS) is 12.3. The number of carbonyl (C=O) groups excluding carboxylic acids is 1. The fraction of sp³-hybridized carbons (Fsp3) is 0.364. The molecule has 1 aromatic carbocycles. The third-order valence-electron chi connectivity index (χ3n) is 2.15. The highest BCUT2D eigenvalue weighted by Crippen LogP contribution is 2.15. The van der Waals surface area contributed by atoms with Crippen molar-refractivity contribution in [1.29, 1.82) is 0 Å². The van der Waals surface area contributed by atoms with Crippen molar-refractivity contribution in [1.82, 2.24) is 5.32 Å². The number of alkyl halides is 1. The Hall–Kier alpha value is -1.04. The average molecular weight is 310 g/mol. The minimum absolute atomic E-state index is 0.160. The van der Waals surface area contributed by atoms with Crippen LogP contribution in [0.1, 0.15) is 17.3 Å². The lowest BCUT2D eigenvalue weighted by Crippen LogP contribution is -2.29. The fourth-order valence-electron chi connectivity index (χ4n) is 1.12. The molecule has 2 nitrogen and oxygen atoms in total. The van der Waals surface area contributed by atoms with Gasteiger partial charge in [-0.1, -0.05) is 22.9 Å². The van der Waals surface area contributed by atoms with E-state index in [9.17, 15) is 18.0 Å². The third-order valence-corrected chi connectivity index (χ3v) is 3.26. The summed E-state index contributed by atoms with van der Waals surface area (Å²) in [6.07, 6.45) is 0. The Bertz CT molecular complexity index is 425. The first kappa shape index (κ1) is 14.0. The first-order chi connectivity index (χ1) is 7.97. The standard InChI is InChI=1S/C11H11BrF3NO/c1-6(4-12)5-16-11(17)7-2-3-8(13)10(15)9(7)14/h2-3,6H,4-5H2,1H3,(H,16,17). The molecule has 0 saturated heterocycles. The minimum Gasteiger partial charge on any atom is -0.352 e. The maximum atomic E-state index is 13.2. The van der Waals surface area contributed by atoms with E-state index >= 15 is 0 Å². The molecule has 1 rings (SSSR count). The third kappa shape index (κ3) is 3.46. The SMILES string of the molecule is CC(CBr)CNC(=O)c1ccc(F)c(F)c1F. The van der Waals surface area contributed by atoms with Gasteiger partial charge in [0.2, 0.25) is 0 Å². The second kappa shape index (κ2) is 6.05. The van der Waals surface area contributed by atoms with Crippen molar-refractivity contribution in [3.63, 3.8) is 0 Å². The highest BCUT2D eigenvalue weighted by molar-refractivity contribution is 9.09. The number of hydrogen-bond acceptors (Lipinski definition) is 1. The van der Waals surface area contributed by atoms with Gasteiger partial charge in [0.05, 0.1) is 5.56 Å². The molecule has 94 valence electrons. The Morgan fingerprint density at radius 2 is 2.00 bits per heavy atom. The first-order valence-electron chi connectivity index (χ1n) is 4.95. The predicted molar refractivity (Wildman–Crippen MR) is 61.6 cm³/mol. The second-order valence-electron chi connectivity index (χ2n) is 3.69. The Morgan fingerprint density at radius 3 is 2.59 bits per heavy atom. The molecular weight excluding hydrogens is 299 g/mol. The summed E-state index contributed by atoms with van der Waals surface area (Å²) < 4.78 is 38.8. The van der Waals surface area contributed by atoms with Gasteiger partial charge in [0.1, 0.15) is 0 Å². The van der Waals surface area contributed by atoms with Gasteiger partial charge in [0.25, 0.3) is 5.91 Å². The van der Waals surface area contributed by atoms with Gasteiger partial charge in [-0.25, -0.2) is 13.2 Å². The summed E-state index contributed by atoms with van der Waals surface area (Å²) in [6, 6.07) is 1.64.